The molecule has 0 bridgehead atoms. The van der Waals surface area contributed by atoms with Gasteiger partial charge in [-0.2, -0.15) is 5.26 Å². The fraction of sp³-hybridized carbons (Fsp3) is 0.500. The molecule has 0 spiro atoms. The molecule has 2 N–H and O–H groups in total. The van der Waals surface area contributed by atoms with E-state index in [1.807, 2.05) is 4.90 Å². The Morgan fingerprint density at radius 3 is 2.96 bits per heavy atom. The Labute approximate surface area is 147 Å². The second-order valence-corrected chi connectivity index (χ2v) is 6.48. The van der Waals surface area contributed by atoms with Crippen molar-refractivity contribution in [1.29, 1.82) is 5.26 Å². The number of hydrogen-bond acceptors (Lipinski definition) is 4. The van der Waals surface area contributed by atoms with Crippen molar-refractivity contribution in [3.8, 4) is 6.07 Å². The van der Waals surface area contributed by atoms with Crippen LogP contribution in [0.1, 0.15) is 24.8 Å². The summed E-state index contributed by atoms with van der Waals surface area (Å²) in [7, 11) is 0. The molecule has 1 aromatic rings. The van der Waals surface area contributed by atoms with Gasteiger partial charge in [-0.25, -0.2) is 4.79 Å². The molecule has 0 aliphatic carbocycles. The zero-order valence-corrected chi connectivity index (χ0v) is 14.2. The van der Waals surface area contributed by atoms with Crippen molar-refractivity contribution in [1.82, 2.24) is 15.1 Å². The van der Waals surface area contributed by atoms with E-state index in [4.69, 9.17) is 5.26 Å². The summed E-state index contributed by atoms with van der Waals surface area (Å²) in [6.45, 7) is 3.91. The van der Waals surface area contributed by atoms with Crippen LogP contribution in [-0.4, -0.2) is 60.5 Å². The Bertz CT molecular complexity index is 684. The molecule has 3 amide bonds. The smallest absolute Gasteiger partial charge is 0.317 e. The van der Waals surface area contributed by atoms with E-state index in [9.17, 15) is 9.59 Å². The minimum Gasteiger partial charge on any atom is -0.336 e. The molecule has 25 heavy (non-hydrogen) atoms. The monoisotopic (exact) mass is 341 g/mol. The number of amides is 3. The number of likely N-dealkylation sites (tertiary alicyclic amines) is 1. The lowest BCUT2D eigenvalue weighted by Crippen LogP contribution is -2.49. The molecule has 2 heterocycles. The quantitative estimate of drug-likeness (QED) is 0.847. The highest BCUT2D eigenvalue weighted by atomic mass is 16.2. The van der Waals surface area contributed by atoms with Crippen LogP contribution in [0.25, 0.3) is 0 Å². The first kappa shape index (κ1) is 17.2. The van der Waals surface area contributed by atoms with Crippen LogP contribution >= 0.6 is 0 Å². The number of nitrogens with one attached hydrogen (secondary N) is 2. The van der Waals surface area contributed by atoms with E-state index in [-0.39, 0.29) is 18.0 Å². The van der Waals surface area contributed by atoms with E-state index < -0.39 is 0 Å². The molecule has 1 atom stereocenters. The van der Waals surface area contributed by atoms with Crippen LogP contribution in [0.5, 0.6) is 0 Å². The van der Waals surface area contributed by atoms with Crippen LogP contribution in [-0.2, 0) is 4.79 Å². The van der Waals surface area contributed by atoms with Crippen molar-refractivity contribution >= 4 is 17.6 Å². The van der Waals surface area contributed by atoms with Gasteiger partial charge in [-0.15, -0.1) is 0 Å². The molecule has 2 fully saturated rings. The van der Waals surface area contributed by atoms with Gasteiger partial charge in [0.2, 0.25) is 5.91 Å². The predicted molar refractivity (Wildman–Crippen MR) is 94.0 cm³/mol. The topological polar surface area (TPSA) is 88.5 Å². The number of carbonyl (C=O) groups excluding carboxylic acids is 2. The van der Waals surface area contributed by atoms with Gasteiger partial charge in [0.1, 0.15) is 6.07 Å². The molecule has 0 saturated carbocycles. The highest BCUT2D eigenvalue weighted by Crippen LogP contribution is 2.18. The Morgan fingerprint density at radius 2 is 2.20 bits per heavy atom. The number of urea groups is 1. The summed E-state index contributed by atoms with van der Waals surface area (Å²) < 4.78 is 0. The molecule has 2 saturated heterocycles. The normalized spacial score (nSPS) is 20.8. The Kier molecular flexibility index (Phi) is 5.51. The number of para-hydroxylation sites is 1. The summed E-state index contributed by atoms with van der Waals surface area (Å²) in [5.41, 5.74) is 1.02. The lowest BCUT2D eigenvalue weighted by atomic mass is 10.0. The van der Waals surface area contributed by atoms with Gasteiger partial charge in [-0.05, 0) is 31.5 Å². The first-order valence-corrected chi connectivity index (χ1v) is 8.73. The van der Waals surface area contributed by atoms with Gasteiger partial charge in [-0.1, -0.05) is 12.1 Å². The molecule has 2 aliphatic heterocycles. The van der Waals surface area contributed by atoms with Crippen molar-refractivity contribution in [2.75, 3.05) is 38.0 Å². The third-order valence-corrected chi connectivity index (χ3v) is 4.79. The molecular weight excluding hydrogens is 318 g/mol. The van der Waals surface area contributed by atoms with E-state index in [0.717, 1.165) is 39.0 Å². The molecule has 7 nitrogen and oxygen atoms in total. The van der Waals surface area contributed by atoms with E-state index in [1.54, 1.807) is 24.3 Å². The van der Waals surface area contributed by atoms with Crippen LogP contribution in [0.15, 0.2) is 24.3 Å². The van der Waals surface area contributed by atoms with Gasteiger partial charge in [0.05, 0.1) is 11.3 Å². The molecule has 1 aromatic carbocycles. The van der Waals surface area contributed by atoms with Gasteiger partial charge in [0, 0.05) is 38.6 Å². The summed E-state index contributed by atoms with van der Waals surface area (Å²) in [6, 6.07) is 9.33. The number of piperidine rings is 1. The number of benzene rings is 1. The number of hydrogen-bond donors (Lipinski definition) is 2. The predicted octanol–water partition coefficient (Wildman–Crippen LogP) is 1.38. The number of nitrogens with zero attached hydrogens (tertiary/aromatic N) is 3. The van der Waals surface area contributed by atoms with Crippen LogP contribution in [0.2, 0.25) is 0 Å². The Morgan fingerprint density at radius 1 is 1.36 bits per heavy atom. The third-order valence-electron chi connectivity index (χ3n) is 4.79. The molecule has 7 heteroatoms. The maximum atomic E-state index is 12.2. The van der Waals surface area contributed by atoms with Gasteiger partial charge in [0.15, 0.2) is 0 Å². The number of rotatable bonds is 5. The highest BCUT2D eigenvalue weighted by Gasteiger charge is 2.31. The third kappa shape index (κ3) is 4.28. The summed E-state index contributed by atoms with van der Waals surface area (Å²) >= 11 is 0. The van der Waals surface area contributed by atoms with Crippen LogP contribution in [0.3, 0.4) is 0 Å². The van der Waals surface area contributed by atoms with E-state index in [2.05, 4.69) is 21.6 Å². The number of anilines is 1. The van der Waals surface area contributed by atoms with E-state index in [1.165, 1.54) is 0 Å². The second-order valence-electron chi connectivity index (χ2n) is 6.48. The summed E-state index contributed by atoms with van der Waals surface area (Å²) in [5.74, 6) is -0.0938. The maximum Gasteiger partial charge on any atom is 0.317 e. The second kappa shape index (κ2) is 7.99. The average Bonchev–Trinajstić information content (AvgIpc) is 3.07. The van der Waals surface area contributed by atoms with Crippen molar-refractivity contribution in [2.24, 2.45) is 0 Å². The zero-order chi connectivity index (χ0) is 17.6. The van der Waals surface area contributed by atoms with Crippen molar-refractivity contribution in [3.63, 3.8) is 0 Å². The van der Waals surface area contributed by atoms with Gasteiger partial charge < -0.3 is 20.4 Å². The molecule has 0 radical (unpaired) electrons. The molecular formula is C18H23N5O2. The first-order chi connectivity index (χ1) is 12.2. The SMILES string of the molecule is N#Cc1ccccc1NC(=O)CCN1CCC[C@@H](N2CCNC2=O)C1. The van der Waals surface area contributed by atoms with Crippen LogP contribution < -0.4 is 10.6 Å². The maximum absolute atomic E-state index is 12.2. The zero-order valence-electron chi connectivity index (χ0n) is 14.2. The lowest BCUT2D eigenvalue weighted by molar-refractivity contribution is -0.116. The fourth-order valence-corrected chi connectivity index (χ4v) is 3.49. The molecule has 0 unspecified atom stereocenters. The van der Waals surface area contributed by atoms with Gasteiger partial charge in [-0.3, -0.25) is 4.79 Å². The first-order valence-electron chi connectivity index (χ1n) is 8.73. The largest absolute Gasteiger partial charge is 0.336 e. The minimum atomic E-state index is -0.0938. The van der Waals surface area contributed by atoms with E-state index >= 15 is 0 Å². The Hall–Kier alpha value is -2.59. The van der Waals surface area contributed by atoms with Crippen LogP contribution in [0.4, 0.5) is 10.5 Å². The van der Waals surface area contributed by atoms with Gasteiger partial charge >= 0.3 is 6.03 Å². The van der Waals surface area contributed by atoms with Crippen molar-refractivity contribution < 1.29 is 9.59 Å². The number of nitriles is 1. The molecule has 132 valence electrons. The fourth-order valence-electron chi connectivity index (χ4n) is 3.49. The van der Waals surface area contributed by atoms with Crippen molar-refractivity contribution in [2.45, 2.75) is 25.3 Å². The molecule has 2 aliphatic rings. The molecule has 3 rings (SSSR count). The minimum absolute atomic E-state index is 0.0257. The Balaban J connectivity index is 1.48. The lowest BCUT2D eigenvalue weighted by Gasteiger charge is -2.36. The van der Waals surface area contributed by atoms with Crippen molar-refractivity contribution in [3.05, 3.63) is 29.8 Å². The highest BCUT2D eigenvalue weighted by molar-refractivity contribution is 5.92. The summed E-state index contributed by atoms with van der Waals surface area (Å²) in [5, 5.41) is 14.7. The summed E-state index contributed by atoms with van der Waals surface area (Å²) in [6.07, 6.45) is 2.43. The average molecular weight is 341 g/mol. The summed E-state index contributed by atoms with van der Waals surface area (Å²) in [4.78, 5) is 28.2. The van der Waals surface area contributed by atoms with Crippen LogP contribution in [0, 0.1) is 11.3 Å². The number of carbonyl (C=O) groups is 2. The van der Waals surface area contributed by atoms with E-state index in [0.29, 0.717) is 24.2 Å². The van der Waals surface area contributed by atoms with Gasteiger partial charge in [0.25, 0.3) is 0 Å². The standard InChI is InChI=1S/C18H23N5O2/c19-12-14-4-1-2-6-16(14)21-17(24)7-10-22-9-3-5-15(13-22)23-11-8-20-18(23)25/h1-2,4,6,15H,3,5,7-11,13H2,(H,20,25)(H,21,24)/t15-/m1/s1. The molecule has 0 aromatic heterocycles.